The number of hydrogen-bond donors (Lipinski definition) is 0. The van der Waals surface area contributed by atoms with Crippen molar-refractivity contribution in [2.24, 2.45) is 0 Å². The van der Waals surface area contributed by atoms with E-state index in [4.69, 9.17) is 14.2 Å². The highest BCUT2D eigenvalue weighted by Gasteiger charge is 2.19. The predicted octanol–water partition coefficient (Wildman–Crippen LogP) is 23.2. The summed E-state index contributed by atoms with van der Waals surface area (Å²) in [4.78, 5) is 38.3. The van der Waals surface area contributed by atoms with Crippen LogP contribution in [0.25, 0.3) is 0 Å². The molecule has 0 aliphatic carbocycles. The maximum absolute atomic E-state index is 12.9. The van der Waals surface area contributed by atoms with Crippen molar-refractivity contribution >= 4 is 17.9 Å². The Bertz CT molecular complexity index is 1540. The standard InChI is InChI=1S/C73H126O6/c1-4-7-10-13-16-19-22-25-28-29-30-31-32-33-34-35-36-37-38-39-40-41-42-43-44-45-46-49-51-54-57-60-63-66-72(75)78-69-70(79-73(76)67-64-61-58-55-52-48-27-24-21-18-15-12-9-6-3)68-77-71(74)65-62-59-56-53-50-47-26-23-20-17-14-11-8-5-2/h7,10,16,19,24-25,27-28,30-31,33-34,36-37,39-40,70H,4-6,8-9,11-15,17-18,20-23,26,29,32,35,38,41-69H2,1-3H3/b10-7-,19-16-,27-24-,28-25-,31-30-,34-33-,37-36-,40-39-. The molecule has 0 heterocycles. The molecule has 0 fully saturated rings. The van der Waals surface area contributed by atoms with Gasteiger partial charge in [-0.3, -0.25) is 14.4 Å². The van der Waals surface area contributed by atoms with E-state index in [0.29, 0.717) is 19.3 Å². The molecule has 0 radical (unpaired) electrons. The van der Waals surface area contributed by atoms with Gasteiger partial charge in [0.15, 0.2) is 6.10 Å². The van der Waals surface area contributed by atoms with E-state index in [9.17, 15) is 14.4 Å². The van der Waals surface area contributed by atoms with E-state index in [-0.39, 0.29) is 31.1 Å². The molecule has 0 N–H and O–H groups in total. The van der Waals surface area contributed by atoms with Crippen LogP contribution in [0.4, 0.5) is 0 Å². The summed E-state index contributed by atoms with van der Waals surface area (Å²) < 4.78 is 16.9. The maximum Gasteiger partial charge on any atom is 0.306 e. The fourth-order valence-corrected chi connectivity index (χ4v) is 9.54. The highest BCUT2D eigenvalue weighted by atomic mass is 16.6. The van der Waals surface area contributed by atoms with Crippen LogP contribution in [0.1, 0.15) is 329 Å². The monoisotopic (exact) mass is 1100 g/mol. The van der Waals surface area contributed by atoms with E-state index in [1.165, 1.54) is 173 Å². The van der Waals surface area contributed by atoms with Gasteiger partial charge in [0.1, 0.15) is 13.2 Å². The van der Waals surface area contributed by atoms with Gasteiger partial charge in [0, 0.05) is 19.3 Å². The van der Waals surface area contributed by atoms with E-state index in [1.807, 2.05) is 0 Å². The third kappa shape index (κ3) is 65.0. The summed E-state index contributed by atoms with van der Waals surface area (Å²) in [6, 6.07) is 0. The van der Waals surface area contributed by atoms with Crippen molar-refractivity contribution in [3.63, 3.8) is 0 Å². The molecule has 79 heavy (non-hydrogen) atoms. The minimum Gasteiger partial charge on any atom is -0.462 e. The van der Waals surface area contributed by atoms with Crippen LogP contribution in [0.15, 0.2) is 97.2 Å². The molecular formula is C73H126O6. The first kappa shape index (κ1) is 75.3. The number of ether oxygens (including phenoxy) is 3. The molecule has 454 valence electrons. The van der Waals surface area contributed by atoms with E-state index in [2.05, 4.69) is 118 Å². The van der Waals surface area contributed by atoms with Gasteiger partial charge in [0.2, 0.25) is 0 Å². The predicted molar refractivity (Wildman–Crippen MR) is 344 cm³/mol. The van der Waals surface area contributed by atoms with Crippen LogP contribution in [0.5, 0.6) is 0 Å². The van der Waals surface area contributed by atoms with Gasteiger partial charge in [-0.05, 0) is 103 Å². The number of carbonyl (C=O) groups excluding carboxylic acids is 3. The van der Waals surface area contributed by atoms with Crippen LogP contribution in [-0.2, 0) is 28.6 Å². The SMILES string of the molecule is CC/C=C\C/C=C\C/C=C\C/C=C\C/C=C\C/C=C\C/C=C\CCCCCCCCCCCCCC(=O)OCC(COC(=O)CCCCCCCCCCCCCCCC)OC(=O)CCCCCCC/C=C\CCCCCCC. The van der Waals surface area contributed by atoms with Crippen molar-refractivity contribution < 1.29 is 28.6 Å². The van der Waals surface area contributed by atoms with Crippen LogP contribution >= 0.6 is 0 Å². The van der Waals surface area contributed by atoms with Gasteiger partial charge >= 0.3 is 17.9 Å². The maximum atomic E-state index is 12.9. The topological polar surface area (TPSA) is 78.9 Å². The Kier molecular flexibility index (Phi) is 63.7. The van der Waals surface area contributed by atoms with Gasteiger partial charge in [-0.15, -0.1) is 0 Å². The van der Waals surface area contributed by atoms with Crippen LogP contribution in [-0.4, -0.2) is 37.2 Å². The number of unbranched alkanes of at least 4 members (excludes halogenated alkanes) is 34. The molecule has 0 aromatic rings. The summed E-state index contributed by atoms with van der Waals surface area (Å²) in [5, 5.41) is 0. The first-order valence-electron chi connectivity index (χ1n) is 33.7. The minimum atomic E-state index is -0.781. The van der Waals surface area contributed by atoms with Crippen molar-refractivity contribution in [3.8, 4) is 0 Å². The smallest absolute Gasteiger partial charge is 0.306 e. The minimum absolute atomic E-state index is 0.0770. The van der Waals surface area contributed by atoms with E-state index in [1.54, 1.807) is 0 Å². The second-order valence-corrected chi connectivity index (χ2v) is 22.4. The molecule has 6 nitrogen and oxygen atoms in total. The quantitative estimate of drug-likeness (QED) is 0.0261. The molecule has 1 atom stereocenters. The zero-order valence-corrected chi connectivity index (χ0v) is 52.1. The van der Waals surface area contributed by atoms with Gasteiger partial charge in [0.25, 0.3) is 0 Å². The summed E-state index contributed by atoms with van der Waals surface area (Å²) in [6.07, 6.45) is 89.9. The number of esters is 3. The van der Waals surface area contributed by atoms with E-state index < -0.39 is 6.10 Å². The first-order valence-corrected chi connectivity index (χ1v) is 33.7. The Morgan fingerprint density at radius 3 is 0.785 bits per heavy atom. The highest BCUT2D eigenvalue weighted by molar-refractivity contribution is 5.71. The number of carbonyl (C=O) groups is 3. The lowest BCUT2D eigenvalue weighted by molar-refractivity contribution is -0.167. The molecule has 0 saturated heterocycles. The Balaban J connectivity index is 4.21. The highest BCUT2D eigenvalue weighted by Crippen LogP contribution is 2.17. The Morgan fingerprint density at radius 2 is 0.494 bits per heavy atom. The molecule has 0 aromatic heterocycles. The number of allylic oxidation sites excluding steroid dienone is 16. The van der Waals surface area contributed by atoms with Crippen molar-refractivity contribution in [2.75, 3.05) is 13.2 Å². The van der Waals surface area contributed by atoms with Crippen molar-refractivity contribution in [1.29, 1.82) is 0 Å². The van der Waals surface area contributed by atoms with Gasteiger partial charge in [-0.25, -0.2) is 0 Å². The Hall–Kier alpha value is -3.67. The summed E-state index contributed by atoms with van der Waals surface area (Å²) in [7, 11) is 0. The van der Waals surface area contributed by atoms with Crippen LogP contribution in [0, 0.1) is 0 Å². The van der Waals surface area contributed by atoms with Gasteiger partial charge in [-0.1, -0.05) is 304 Å². The molecule has 1 unspecified atom stereocenters. The van der Waals surface area contributed by atoms with E-state index >= 15 is 0 Å². The fraction of sp³-hybridized carbons (Fsp3) is 0.740. The van der Waals surface area contributed by atoms with Crippen LogP contribution in [0.2, 0.25) is 0 Å². The average molecular weight is 1100 g/mol. The van der Waals surface area contributed by atoms with Gasteiger partial charge in [-0.2, -0.15) is 0 Å². The molecule has 0 spiro atoms. The second-order valence-electron chi connectivity index (χ2n) is 22.4. The molecule has 0 rings (SSSR count). The third-order valence-corrected chi connectivity index (χ3v) is 14.6. The molecule has 0 saturated carbocycles. The lowest BCUT2D eigenvalue weighted by atomic mass is 10.0. The van der Waals surface area contributed by atoms with E-state index in [0.717, 1.165) is 116 Å². The molecular weight excluding hydrogens is 973 g/mol. The normalized spacial score (nSPS) is 12.7. The summed E-state index contributed by atoms with van der Waals surface area (Å²) in [5.41, 5.74) is 0. The van der Waals surface area contributed by atoms with Crippen LogP contribution < -0.4 is 0 Å². The summed E-state index contributed by atoms with van der Waals surface area (Å²) >= 11 is 0. The Labute approximate surface area is 489 Å². The fourth-order valence-electron chi connectivity index (χ4n) is 9.54. The van der Waals surface area contributed by atoms with Gasteiger partial charge in [0.05, 0.1) is 0 Å². The first-order chi connectivity index (χ1) is 39.0. The zero-order valence-electron chi connectivity index (χ0n) is 52.1. The largest absolute Gasteiger partial charge is 0.462 e. The number of hydrogen-bond acceptors (Lipinski definition) is 6. The molecule has 0 bridgehead atoms. The summed E-state index contributed by atoms with van der Waals surface area (Å²) in [6.45, 7) is 6.54. The average Bonchev–Trinajstić information content (AvgIpc) is 3.45. The van der Waals surface area contributed by atoms with Crippen molar-refractivity contribution in [1.82, 2.24) is 0 Å². The van der Waals surface area contributed by atoms with Crippen molar-refractivity contribution in [3.05, 3.63) is 97.2 Å². The zero-order chi connectivity index (χ0) is 57.1. The second kappa shape index (κ2) is 66.8. The lowest BCUT2D eigenvalue weighted by Crippen LogP contribution is -2.30. The van der Waals surface area contributed by atoms with Gasteiger partial charge < -0.3 is 14.2 Å². The molecule has 0 amide bonds. The molecule has 0 aliphatic heterocycles. The lowest BCUT2D eigenvalue weighted by Gasteiger charge is -2.18. The number of rotatable bonds is 61. The van der Waals surface area contributed by atoms with Crippen molar-refractivity contribution in [2.45, 2.75) is 335 Å². The summed E-state index contributed by atoms with van der Waals surface area (Å²) in [5.74, 6) is -0.875. The molecule has 6 heteroatoms. The third-order valence-electron chi connectivity index (χ3n) is 14.6. The molecule has 0 aliphatic rings. The Morgan fingerprint density at radius 1 is 0.266 bits per heavy atom. The molecule has 0 aromatic carbocycles. The van der Waals surface area contributed by atoms with Crippen LogP contribution in [0.3, 0.4) is 0 Å².